The minimum absolute atomic E-state index is 0.0853. The summed E-state index contributed by atoms with van der Waals surface area (Å²) in [4.78, 5) is 25.6. The van der Waals surface area contributed by atoms with Gasteiger partial charge in [0.05, 0.1) is 25.0 Å². The minimum Gasteiger partial charge on any atom is -0.465 e. The molecule has 0 aliphatic rings. The molecule has 258 valence electrons. The summed E-state index contributed by atoms with van der Waals surface area (Å²) >= 11 is 7.44. The third-order valence-corrected chi connectivity index (χ3v) is 12.0. The second-order valence-corrected chi connectivity index (χ2v) is 15.9. The van der Waals surface area contributed by atoms with Crippen LogP contribution < -0.4 is 0 Å². The lowest BCUT2D eigenvalue weighted by Crippen LogP contribution is -2.23. The summed E-state index contributed by atoms with van der Waals surface area (Å²) in [6.07, 6.45) is 15.0. The molecule has 46 heavy (non-hydrogen) atoms. The van der Waals surface area contributed by atoms with Crippen LogP contribution in [-0.4, -0.2) is 60.2 Å². The molecule has 2 rings (SSSR count). The lowest BCUT2D eigenvalue weighted by Gasteiger charge is -2.16. The van der Waals surface area contributed by atoms with Crippen LogP contribution in [0.15, 0.2) is 60.7 Å². The fraction of sp³-hybridized carbons (Fsp3) is 0.632. The lowest BCUT2D eigenvalue weighted by atomic mass is 10.1. The van der Waals surface area contributed by atoms with E-state index in [4.69, 9.17) is 9.47 Å². The molecule has 0 N–H and O–H groups in total. The van der Waals surface area contributed by atoms with E-state index in [-0.39, 0.29) is 23.8 Å². The molecule has 0 radical (unpaired) electrons. The molecule has 8 heteroatoms. The summed E-state index contributed by atoms with van der Waals surface area (Å²) in [5.74, 6) is 6.17. The maximum atomic E-state index is 13.1. The van der Waals surface area contributed by atoms with Crippen molar-refractivity contribution in [3.8, 4) is 0 Å². The highest BCUT2D eigenvalue weighted by molar-refractivity contribution is 8.00. The highest BCUT2D eigenvalue weighted by Gasteiger charge is 2.21. The van der Waals surface area contributed by atoms with E-state index < -0.39 is 0 Å². The van der Waals surface area contributed by atoms with Gasteiger partial charge in [-0.25, -0.2) is 0 Å². The van der Waals surface area contributed by atoms with Gasteiger partial charge in [0.1, 0.15) is 0 Å². The number of carbonyl (C=O) groups is 2. The monoisotopic (exact) mass is 706 g/mol. The van der Waals surface area contributed by atoms with Gasteiger partial charge in [0.2, 0.25) is 0 Å². The highest BCUT2D eigenvalue weighted by atomic mass is 32.2. The lowest BCUT2D eigenvalue weighted by molar-refractivity contribution is -0.150. The summed E-state index contributed by atoms with van der Waals surface area (Å²) < 4.78 is 11.3. The topological polar surface area (TPSA) is 52.6 Å². The number of hydrogen-bond acceptors (Lipinski definition) is 8. The molecular weight excluding hydrogens is 649 g/mol. The van der Waals surface area contributed by atoms with Gasteiger partial charge in [-0.3, -0.25) is 9.59 Å². The standard InChI is InChI=1S/C38H58O4S4/c1-3-35(30-45-28-33-20-12-10-13-21-33)37(39)41-24-16-17-25-42-38(40)36(32-46-29-34-22-14-11-15-23-34)31-44-27-19-9-7-5-4-6-8-18-26-43-2/h10-15,20-23,35-36H,3-9,16-19,24-32H2,1-2H3. The maximum absolute atomic E-state index is 13.1. The molecule has 0 saturated carbocycles. The first-order valence-electron chi connectivity index (χ1n) is 17.3. The quantitative estimate of drug-likeness (QED) is 0.0612. The molecule has 0 spiro atoms. The van der Waals surface area contributed by atoms with Gasteiger partial charge in [-0.1, -0.05) is 106 Å². The molecule has 0 aromatic heterocycles. The van der Waals surface area contributed by atoms with Gasteiger partial charge in [-0.2, -0.15) is 47.0 Å². The van der Waals surface area contributed by atoms with Gasteiger partial charge in [0.15, 0.2) is 0 Å². The summed E-state index contributed by atoms with van der Waals surface area (Å²) in [5, 5.41) is 0. The van der Waals surface area contributed by atoms with Crippen LogP contribution in [0.5, 0.6) is 0 Å². The van der Waals surface area contributed by atoms with Crippen LogP contribution in [0.2, 0.25) is 0 Å². The van der Waals surface area contributed by atoms with Crippen molar-refractivity contribution in [2.24, 2.45) is 11.8 Å². The normalized spacial score (nSPS) is 12.5. The smallest absolute Gasteiger partial charge is 0.310 e. The predicted molar refractivity (Wildman–Crippen MR) is 206 cm³/mol. The van der Waals surface area contributed by atoms with E-state index in [2.05, 4.69) is 42.7 Å². The Morgan fingerprint density at radius 1 is 0.565 bits per heavy atom. The molecular formula is C38H58O4S4. The Bertz CT molecular complexity index is 1010. The third-order valence-electron chi connectivity index (χ3n) is 7.75. The first kappa shape index (κ1) is 41.0. The van der Waals surface area contributed by atoms with Crippen molar-refractivity contribution in [1.82, 2.24) is 0 Å². The third kappa shape index (κ3) is 20.9. The van der Waals surface area contributed by atoms with Crippen molar-refractivity contribution in [1.29, 1.82) is 0 Å². The van der Waals surface area contributed by atoms with Crippen LogP contribution in [-0.2, 0) is 30.6 Å². The number of esters is 2. The van der Waals surface area contributed by atoms with Crippen molar-refractivity contribution in [3.05, 3.63) is 71.8 Å². The Morgan fingerprint density at radius 2 is 1.00 bits per heavy atom. The van der Waals surface area contributed by atoms with Crippen LogP contribution in [0.25, 0.3) is 0 Å². The predicted octanol–water partition coefficient (Wildman–Crippen LogP) is 10.6. The Balaban J connectivity index is 1.61. The number of benzene rings is 2. The van der Waals surface area contributed by atoms with E-state index in [1.165, 1.54) is 68.2 Å². The molecule has 4 nitrogen and oxygen atoms in total. The van der Waals surface area contributed by atoms with Crippen molar-refractivity contribution in [3.63, 3.8) is 0 Å². The second-order valence-electron chi connectivity index (χ2n) is 11.7. The van der Waals surface area contributed by atoms with Gasteiger partial charge in [0, 0.05) is 28.8 Å². The summed E-state index contributed by atoms with van der Waals surface area (Å²) in [7, 11) is 0. The molecule has 0 saturated heterocycles. The maximum Gasteiger partial charge on any atom is 0.310 e. The van der Waals surface area contributed by atoms with E-state index in [9.17, 15) is 9.59 Å². The van der Waals surface area contributed by atoms with Crippen LogP contribution >= 0.6 is 47.0 Å². The van der Waals surface area contributed by atoms with Gasteiger partial charge in [0.25, 0.3) is 0 Å². The fourth-order valence-electron chi connectivity index (χ4n) is 4.85. The average Bonchev–Trinajstić information content (AvgIpc) is 3.08. The molecule has 0 amide bonds. The zero-order chi connectivity index (χ0) is 32.9. The first-order valence-corrected chi connectivity index (χ1v) is 22.1. The second kappa shape index (κ2) is 28.8. The zero-order valence-corrected chi connectivity index (χ0v) is 31.6. The number of unbranched alkanes of at least 4 members (excludes halogenated alkanes) is 8. The van der Waals surface area contributed by atoms with Gasteiger partial charge in [-0.15, -0.1) is 0 Å². The van der Waals surface area contributed by atoms with E-state index >= 15 is 0 Å². The van der Waals surface area contributed by atoms with Crippen molar-refractivity contribution in [2.75, 3.05) is 48.2 Å². The molecule has 2 aromatic rings. The SMILES string of the molecule is CCC(CSCc1ccccc1)C(=O)OCCCCOC(=O)C(CSCCCCCCCCCCSC)CSCc1ccccc1. The molecule has 2 atom stereocenters. The highest BCUT2D eigenvalue weighted by Crippen LogP contribution is 2.22. The number of rotatable bonds is 29. The number of thioether (sulfide) groups is 4. The van der Waals surface area contributed by atoms with Crippen molar-refractivity contribution in [2.45, 2.75) is 89.1 Å². The van der Waals surface area contributed by atoms with E-state index in [0.29, 0.717) is 26.1 Å². The van der Waals surface area contributed by atoms with Crippen molar-refractivity contribution < 1.29 is 19.1 Å². The van der Waals surface area contributed by atoms with Crippen molar-refractivity contribution >= 4 is 59.0 Å². The van der Waals surface area contributed by atoms with E-state index in [1.54, 1.807) is 11.8 Å². The molecule has 0 aliphatic carbocycles. The molecule has 0 bridgehead atoms. The summed E-state index contributed by atoms with van der Waals surface area (Å²) in [6, 6.07) is 20.8. The Hall–Kier alpha value is -1.22. The molecule has 0 heterocycles. The average molecular weight is 707 g/mol. The van der Waals surface area contributed by atoms with Gasteiger partial charge < -0.3 is 9.47 Å². The number of carbonyl (C=O) groups excluding carboxylic acids is 2. The largest absolute Gasteiger partial charge is 0.465 e. The van der Waals surface area contributed by atoms with Gasteiger partial charge in [-0.05, 0) is 61.0 Å². The minimum atomic E-state index is -0.116. The Labute approximate surface area is 297 Å². The Kier molecular flexibility index (Phi) is 25.6. The van der Waals surface area contributed by atoms with E-state index in [1.807, 2.05) is 66.5 Å². The molecule has 2 aromatic carbocycles. The van der Waals surface area contributed by atoms with Crippen LogP contribution in [0.1, 0.15) is 88.7 Å². The van der Waals surface area contributed by atoms with Crippen LogP contribution in [0, 0.1) is 11.8 Å². The van der Waals surface area contributed by atoms with Crippen LogP contribution in [0.4, 0.5) is 0 Å². The summed E-state index contributed by atoms with van der Waals surface area (Å²) in [6.45, 7) is 2.79. The molecule has 0 fully saturated rings. The fourth-order valence-corrected chi connectivity index (χ4v) is 8.89. The summed E-state index contributed by atoms with van der Waals surface area (Å²) in [5.41, 5.74) is 2.56. The van der Waals surface area contributed by atoms with E-state index in [0.717, 1.165) is 40.9 Å². The van der Waals surface area contributed by atoms with Gasteiger partial charge >= 0.3 is 11.9 Å². The Morgan fingerprint density at radius 3 is 1.50 bits per heavy atom. The number of hydrogen-bond donors (Lipinski definition) is 0. The number of ether oxygens (including phenoxy) is 2. The first-order chi connectivity index (χ1) is 22.6. The molecule has 2 unspecified atom stereocenters. The zero-order valence-electron chi connectivity index (χ0n) is 28.3. The van der Waals surface area contributed by atoms with Crippen LogP contribution in [0.3, 0.4) is 0 Å². The molecule has 0 aliphatic heterocycles.